The van der Waals surface area contributed by atoms with Gasteiger partial charge in [0.2, 0.25) is 5.91 Å². The number of carbonyl (C=O) groups excluding carboxylic acids is 1. The van der Waals surface area contributed by atoms with Gasteiger partial charge in [0.25, 0.3) is 0 Å². The summed E-state index contributed by atoms with van der Waals surface area (Å²) in [5.41, 5.74) is 2.03. The van der Waals surface area contributed by atoms with Crippen LogP contribution in [0, 0.1) is 5.92 Å². The molecule has 0 aromatic heterocycles. The molecular formula is C14H16BrNO2. The van der Waals surface area contributed by atoms with E-state index in [1.54, 1.807) is 0 Å². The Balaban J connectivity index is 1.82. The number of halogens is 1. The maximum absolute atomic E-state index is 11.5. The molecule has 0 saturated heterocycles. The van der Waals surface area contributed by atoms with E-state index in [1.165, 1.54) is 19.3 Å². The molecule has 1 amide bonds. The zero-order chi connectivity index (χ0) is 12.5. The van der Waals surface area contributed by atoms with E-state index in [0.717, 1.165) is 34.5 Å². The molecule has 1 N–H and O–H groups in total. The van der Waals surface area contributed by atoms with Crippen LogP contribution in [0.4, 0.5) is 5.69 Å². The summed E-state index contributed by atoms with van der Waals surface area (Å²) in [4.78, 5) is 11.5. The number of hydrogen-bond donors (Lipinski definition) is 1. The van der Waals surface area contributed by atoms with Gasteiger partial charge in [-0.05, 0) is 42.9 Å². The molecule has 1 saturated carbocycles. The zero-order valence-corrected chi connectivity index (χ0v) is 11.8. The van der Waals surface area contributed by atoms with Crippen LogP contribution in [-0.2, 0) is 11.2 Å². The number of aryl methyl sites for hydroxylation is 1. The smallest absolute Gasteiger partial charge is 0.224 e. The van der Waals surface area contributed by atoms with E-state index in [9.17, 15) is 4.79 Å². The second kappa shape index (κ2) is 4.92. The summed E-state index contributed by atoms with van der Waals surface area (Å²) in [6, 6.07) is 4.01. The molecule has 0 radical (unpaired) electrons. The van der Waals surface area contributed by atoms with Gasteiger partial charge < -0.3 is 10.1 Å². The topological polar surface area (TPSA) is 38.3 Å². The third-order valence-electron chi connectivity index (χ3n) is 3.73. The summed E-state index contributed by atoms with van der Waals surface area (Å²) in [5.74, 6) is 1.58. The molecule has 0 unspecified atom stereocenters. The van der Waals surface area contributed by atoms with Crippen molar-refractivity contribution in [1.82, 2.24) is 0 Å². The highest BCUT2D eigenvalue weighted by atomic mass is 79.9. The van der Waals surface area contributed by atoms with Gasteiger partial charge >= 0.3 is 0 Å². The number of ether oxygens (including phenoxy) is 1. The van der Waals surface area contributed by atoms with Crippen LogP contribution >= 0.6 is 15.9 Å². The minimum absolute atomic E-state index is 0.0818. The number of rotatable bonds is 3. The second-order valence-electron chi connectivity index (χ2n) is 5.09. The Hall–Kier alpha value is -1.03. The first-order valence-electron chi connectivity index (χ1n) is 6.47. The maximum atomic E-state index is 11.5. The third-order valence-corrected chi connectivity index (χ3v) is 4.19. The summed E-state index contributed by atoms with van der Waals surface area (Å²) < 4.78 is 6.91. The van der Waals surface area contributed by atoms with Crippen LogP contribution < -0.4 is 10.1 Å². The van der Waals surface area contributed by atoms with Crippen molar-refractivity contribution in [2.45, 2.75) is 32.1 Å². The standard InChI is InChI=1S/C14H16BrNO2/c15-11-6-10-4-5-13(17)16-14(10)12(7-11)18-8-9-2-1-3-9/h6-7,9H,1-5,8H2,(H,16,17). The average molecular weight is 310 g/mol. The molecule has 18 heavy (non-hydrogen) atoms. The average Bonchev–Trinajstić information content (AvgIpc) is 2.27. The van der Waals surface area contributed by atoms with E-state index in [1.807, 2.05) is 6.07 Å². The Kier molecular flexibility index (Phi) is 3.29. The molecule has 0 bridgehead atoms. The number of amides is 1. The van der Waals surface area contributed by atoms with Crippen LogP contribution in [-0.4, -0.2) is 12.5 Å². The van der Waals surface area contributed by atoms with Gasteiger partial charge in [-0.25, -0.2) is 0 Å². The SMILES string of the molecule is O=C1CCc2cc(Br)cc(OCC3CCC3)c2N1. The lowest BCUT2D eigenvalue weighted by molar-refractivity contribution is -0.116. The normalized spacial score (nSPS) is 18.8. The van der Waals surface area contributed by atoms with Crippen molar-refractivity contribution in [3.05, 3.63) is 22.2 Å². The molecule has 3 rings (SSSR count). The van der Waals surface area contributed by atoms with E-state index >= 15 is 0 Å². The highest BCUT2D eigenvalue weighted by Gasteiger charge is 2.22. The molecule has 4 heteroatoms. The number of carbonyl (C=O) groups is 1. The highest BCUT2D eigenvalue weighted by Crippen LogP contribution is 2.37. The van der Waals surface area contributed by atoms with Crippen LogP contribution in [0.5, 0.6) is 5.75 Å². The van der Waals surface area contributed by atoms with Crippen molar-refractivity contribution in [1.29, 1.82) is 0 Å². The van der Waals surface area contributed by atoms with Gasteiger partial charge in [0.15, 0.2) is 0 Å². The van der Waals surface area contributed by atoms with Crippen molar-refractivity contribution < 1.29 is 9.53 Å². The maximum Gasteiger partial charge on any atom is 0.224 e. The molecule has 1 aliphatic heterocycles. The zero-order valence-electron chi connectivity index (χ0n) is 10.2. The van der Waals surface area contributed by atoms with Crippen molar-refractivity contribution in [2.75, 3.05) is 11.9 Å². The lowest BCUT2D eigenvalue weighted by Crippen LogP contribution is -2.22. The molecule has 0 atom stereocenters. The molecule has 1 aromatic rings. The Morgan fingerprint density at radius 2 is 2.17 bits per heavy atom. The summed E-state index contributed by atoms with van der Waals surface area (Å²) in [6.07, 6.45) is 5.21. The van der Waals surface area contributed by atoms with Crippen LogP contribution in [0.1, 0.15) is 31.2 Å². The van der Waals surface area contributed by atoms with Crippen molar-refractivity contribution >= 4 is 27.5 Å². The van der Waals surface area contributed by atoms with Crippen molar-refractivity contribution in [2.24, 2.45) is 5.92 Å². The van der Waals surface area contributed by atoms with Gasteiger partial charge in [-0.3, -0.25) is 4.79 Å². The van der Waals surface area contributed by atoms with Gasteiger partial charge in [-0.1, -0.05) is 22.4 Å². The predicted molar refractivity (Wildman–Crippen MR) is 73.9 cm³/mol. The predicted octanol–water partition coefficient (Wildman–Crippen LogP) is 3.51. The van der Waals surface area contributed by atoms with Gasteiger partial charge in [0.05, 0.1) is 12.3 Å². The Labute approximate surface area is 115 Å². The minimum atomic E-state index is 0.0818. The minimum Gasteiger partial charge on any atom is -0.491 e. The number of anilines is 1. The quantitative estimate of drug-likeness (QED) is 0.928. The molecule has 1 fully saturated rings. The lowest BCUT2D eigenvalue weighted by atomic mass is 9.86. The van der Waals surface area contributed by atoms with E-state index < -0.39 is 0 Å². The second-order valence-corrected chi connectivity index (χ2v) is 6.01. The fourth-order valence-corrected chi connectivity index (χ4v) is 2.89. The van der Waals surface area contributed by atoms with Crippen LogP contribution in [0.15, 0.2) is 16.6 Å². The number of nitrogens with one attached hydrogen (secondary N) is 1. The first-order valence-corrected chi connectivity index (χ1v) is 7.27. The van der Waals surface area contributed by atoms with E-state index in [4.69, 9.17) is 4.74 Å². The van der Waals surface area contributed by atoms with Crippen molar-refractivity contribution in [3.63, 3.8) is 0 Å². The Morgan fingerprint density at radius 3 is 2.89 bits per heavy atom. The van der Waals surface area contributed by atoms with Gasteiger partial charge in [-0.15, -0.1) is 0 Å². The Morgan fingerprint density at radius 1 is 1.33 bits per heavy atom. The summed E-state index contributed by atoms with van der Waals surface area (Å²) in [6.45, 7) is 0.763. The van der Waals surface area contributed by atoms with E-state index in [0.29, 0.717) is 12.3 Å². The summed E-state index contributed by atoms with van der Waals surface area (Å²) >= 11 is 3.50. The molecule has 96 valence electrons. The van der Waals surface area contributed by atoms with Gasteiger partial charge in [0.1, 0.15) is 5.75 Å². The van der Waals surface area contributed by atoms with Crippen LogP contribution in [0.25, 0.3) is 0 Å². The number of benzene rings is 1. The molecule has 1 heterocycles. The van der Waals surface area contributed by atoms with Crippen LogP contribution in [0.3, 0.4) is 0 Å². The first kappa shape index (κ1) is 12.0. The monoisotopic (exact) mass is 309 g/mol. The number of hydrogen-bond acceptors (Lipinski definition) is 2. The lowest BCUT2D eigenvalue weighted by Gasteiger charge is -2.27. The molecule has 1 aliphatic carbocycles. The molecule has 3 nitrogen and oxygen atoms in total. The Bertz CT molecular complexity index is 483. The van der Waals surface area contributed by atoms with Gasteiger partial charge in [0, 0.05) is 10.9 Å². The first-order chi connectivity index (χ1) is 8.72. The van der Waals surface area contributed by atoms with Crippen LogP contribution in [0.2, 0.25) is 0 Å². The third kappa shape index (κ3) is 2.39. The number of fused-ring (bicyclic) bond motifs is 1. The highest BCUT2D eigenvalue weighted by molar-refractivity contribution is 9.10. The molecule has 0 spiro atoms. The van der Waals surface area contributed by atoms with Gasteiger partial charge in [-0.2, -0.15) is 0 Å². The molecule has 1 aromatic carbocycles. The molecular weight excluding hydrogens is 294 g/mol. The van der Waals surface area contributed by atoms with Crippen molar-refractivity contribution in [3.8, 4) is 5.75 Å². The summed E-state index contributed by atoms with van der Waals surface area (Å²) in [5, 5.41) is 2.93. The summed E-state index contributed by atoms with van der Waals surface area (Å²) in [7, 11) is 0. The fourth-order valence-electron chi connectivity index (χ4n) is 2.41. The largest absolute Gasteiger partial charge is 0.491 e. The molecule has 2 aliphatic rings. The fraction of sp³-hybridized carbons (Fsp3) is 0.500. The van der Waals surface area contributed by atoms with E-state index in [-0.39, 0.29) is 5.91 Å². The van der Waals surface area contributed by atoms with E-state index in [2.05, 4.69) is 27.3 Å².